The lowest BCUT2D eigenvalue weighted by molar-refractivity contribution is 0.0943. The van der Waals surface area contributed by atoms with E-state index in [0.717, 1.165) is 17.4 Å². The number of benzene rings is 2. The Labute approximate surface area is 177 Å². The lowest BCUT2D eigenvalue weighted by Gasteiger charge is -2.10. The molecule has 0 aliphatic rings. The summed E-state index contributed by atoms with van der Waals surface area (Å²) in [5.41, 5.74) is 2.23. The van der Waals surface area contributed by atoms with Gasteiger partial charge in [0.1, 0.15) is 0 Å². The van der Waals surface area contributed by atoms with Gasteiger partial charge in [-0.2, -0.15) is 0 Å². The van der Waals surface area contributed by atoms with Crippen LogP contribution in [0.5, 0.6) is 0 Å². The minimum Gasteiger partial charge on any atom is -0.347 e. The lowest BCUT2D eigenvalue weighted by Crippen LogP contribution is -2.25. The highest BCUT2D eigenvalue weighted by Gasteiger charge is 2.16. The molecule has 1 amide bonds. The van der Waals surface area contributed by atoms with Gasteiger partial charge in [-0.1, -0.05) is 52.7 Å². The predicted octanol–water partition coefficient (Wildman–Crippen LogP) is 2.55. The molecule has 3 aromatic rings. The van der Waals surface area contributed by atoms with Crippen molar-refractivity contribution in [3.63, 3.8) is 0 Å². The van der Waals surface area contributed by atoms with Crippen molar-refractivity contribution in [2.24, 2.45) is 0 Å². The number of amides is 1. The van der Waals surface area contributed by atoms with E-state index in [4.69, 9.17) is 23.2 Å². The van der Waals surface area contributed by atoms with E-state index in [1.165, 1.54) is 10.9 Å². The number of halogens is 2. The largest absolute Gasteiger partial charge is 0.347 e. The summed E-state index contributed by atoms with van der Waals surface area (Å²) in [6.45, 7) is 0.407. The quantitative estimate of drug-likeness (QED) is 0.571. The van der Waals surface area contributed by atoms with Crippen molar-refractivity contribution in [3.8, 4) is 5.69 Å². The number of hydrogen-bond acceptors (Lipinski definition) is 5. The molecule has 0 spiro atoms. The molecule has 0 fully saturated rings. The first-order valence-corrected chi connectivity index (χ1v) is 11.0. The summed E-state index contributed by atoms with van der Waals surface area (Å²) >= 11 is 12.2. The van der Waals surface area contributed by atoms with Crippen molar-refractivity contribution < 1.29 is 13.2 Å². The predicted molar refractivity (Wildman–Crippen MR) is 111 cm³/mol. The first-order valence-electron chi connectivity index (χ1n) is 8.40. The number of hydrogen-bond donors (Lipinski definition) is 2. The van der Waals surface area contributed by atoms with Crippen molar-refractivity contribution in [1.29, 1.82) is 0 Å². The molecule has 0 saturated carbocycles. The third kappa shape index (κ3) is 5.77. The number of nitrogens with zero attached hydrogens (tertiary/aromatic N) is 3. The van der Waals surface area contributed by atoms with E-state index in [2.05, 4.69) is 20.4 Å². The highest BCUT2D eigenvalue weighted by molar-refractivity contribution is 7.88. The smallest absolute Gasteiger partial charge is 0.271 e. The summed E-state index contributed by atoms with van der Waals surface area (Å²) in [7, 11) is -3.28. The maximum Gasteiger partial charge on any atom is 0.271 e. The Morgan fingerprint density at radius 3 is 2.55 bits per heavy atom. The summed E-state index contributed by atoms with van der Waals surface area (Å²) in [6.07, 6.45) is 2.43. The fourth-order valence-electron chi connectivity index (χ4n) is 2.55. The second-order valence-corrected chi connectivity index (χ2v) is 8.90. The van der Waals surface area contributed by atoms with Crippen LogP contribution in [0.25, 0.3) is 5.69 Å². The Morgan fingerprint density at radius 2 is 1.83 bits per heavy atom. The molecule has 152 valence electrons. The third-order valence-corrected chi connectivity index (χ3v) is 5.12. The molecule has 29 heavy (non-hydrogen) atoms. The number of carbonyl (C=O) groups is 1. The minimum absolute atomic E-state index is 0.171. The van der Waals surface area contributed by atoms with E-state index < -0.39 is 15.9 Å². The SMILES string of the molecule is CS(=O)(=O)NCc1cccc(CNC(=O)c2cnnn2-c2cc(Cl)ccc2Cl)c1. The molecular weight excluding hydrogens is 437 g/mol. The first-order chi connectivity index (χ1) is 13.7. The number of nitrogens with one attached hydrogen (secondary N) is 2. The molecule has 0 radical (unpaired) electrons. The average molecular weight is 454 g/mol. The zero-order valence-corrected chi connectivity index (χ0v) is 17.6. The molecule has 3 rings (SSSR count). The van der Waals surface area contributed by atoms with Crippen LogP contribution in [0.2, 0.25) is 10.0 Å². The van der Waals surface area contributed by atoms with Gasteiger partial charge in [-0.15, -0.1) is 5.10 Å². The van der Waals surface area contributed by atoms with Crippen molar-refractivity contribution in [2.75, 3.05) is 6.26 Å². The zero-order valence-electron chi connectivity index (χ0n) is 15.3. The van der Waals surface area contributed by atoms with Gasteiger partial charge in [0.05, 0.1) is 23.2 Å². The van der Waals surface area contributed by atoms with E-state index in [1.54, 1.807) is 30.3 Å². The molecule has 0 atom stereocenters. The topological polar surface area (TPSA) is 106 Å². The molecule has 1 aromatic heterocycles. The maximum atomic E-state index is 12.6. The van der Waals surface area contributed by atoms with Crippen LogP contribution in [-0.2, 0) is 23.1 Å². The second-order valence-electron chi connectivity index (χ2n) is 6.22. The minimum atomic E-state index is -3.28. The lowest BCUT2D eigenvalue weighted by atomic mass is 10.1. The van der Waals surface area contributed by atoms with Gasteiger partial charge in [-0.05, 0) is 29.3 Å². The van der Waals surface area contributed by atoms with Crippen molar-refractivity contribution >= 4 is 39.1 Å². The highest BCUT2D eigenvalue weighted by Crippen LogP contribution is 2.24. The molecule has 0 aliphatic heterocycles. The van der Waals surface area contributed by atoms with E-state index >= 15 is 0 Å². The van der Waals surface area contributed by atoms with Gasteiger partial charge in [-0.25, -0.2) is 17.8 Å². The van der Waals surface area contributed by atoms with Crippen LogP contribution in [-0.4, -0.2) is 35.6 Å². The van der Waals surface area contributed by atoms with Crippen molar-refractivity contribution in [1.82, 2.24) is 25.0 Å². The van der Waals surface area contributed by atoms with Crippen LogP contribution in [0.15, 0.2) is 48.7 Å². The third-order valence-electron chi connectivity index (χ3n) is 3.90. The van der Waals surface area contributed by atoms with Crippen molar-refractivity contribution in [3.05, 3.63) is 75.5 Å². The molecule has 0 aliphatic carbocycles. The van der Waals surface area contributed by atoms with Gasteiger partial charge >= 0.3 is 0 Å². The summed E-state index contributed by atoms with van der Waals surface area (Å²) in [5.74, 6) is -0.397. The molecule has 0 saturated heterocycles. The Kier molecular flexibility index (Phi) is 6.53. The summed E-state index contributed by atoms with van der Waals surface area (Å²) in [6, 6.07) is 12.1. The summed E-state index contributed by atoms with van der Waals surface area (Å²) < 4.78 is 26.2. The van der Waals surface area contributed by atoms with Gasteiger partial charge in [0, 0.05) is 18.1 Å². The fraction of sp³-hybridized carbons (Fsp3) is 0.167. The van der Waals surface area contributed by atoms with Crippen LogP contribution in [0.3, 0.4) is 0 Å². The monoisotopic (exact) mass is 453 g/mol. The van der Waals surface area contributed by atoms with Crippen LogP contribution in [0.1, 0.15) is 21.6 Å². The van der Waals surface area contributed by atoms with Crippen molar-refractivity contribution in [2.45, 2.75) is 13.1 Å². The van der Waals surface area contributed by atoms with E-state index in [9.17, 15) is 13.2 Å². The molecule has 2 aromatic carbocycles. The molecular formula is C18H17Cl2N5O3S. The van der Waals surface area contributed by atoms with Gasteiger partial charge in [0.2, 0.25) is 10.0 Å². The standard InChI is InChI=1S/C18H17Cl2N5O3S/c1-29(27,28)23-10-13-4-2-3-12(7-13)9-21-18(26)17-11-22-24-25(17)16-8-14(19)5-6-15(16)20/h2-8,11,23H,9-10H2,1H3,(H,21,26). The molecule has 0 unspecified atom stereocenters. The molecule has 11 heteroatoms. The second kappa shape index (κ2) is 8.91. The van der Waals surface area contributed by atoms with Gasteiger partial charge < -0.3 is 5.32 Å². The highest BCUT2D eigenvalue weighted by atomic mass is 35.5. The molecule has 2 N–H and O–H groups in total. The van der Waals surface area contributed by atoms with E-state index in [-0.39, 0.29) is 18.8 Å². The first kappa shape index (κ1) is 21.3. The normalized spacial score (nSPS) is 11.4. The molecule has 8 nitrogen and oxygen atoms in total. The number of aromatic nitrogens is 3. The van der Waals surface area contributed by atoms with E-state index in [0.29, 0.717) is 15.7 Å². The van der Waals surface area contributed by atoms with Crippen LogP contribution in [0.4, 0.5) is 0 Å². The molecule has 0 bridgehead atoms. The van der Waals surface area contributed by atoms with Crippen LogP contribution >= 0.6 is 23.2 Å². The summed E-state index contributed by atoms with van der Waals surface area (Å²) in [5, 5.41) is 11.3. The van der Waals surface area contributed by atoms with Crippen LogP contribution < -0.4 is 10.0 Å². The number of rotatable bonds is 7. The van der Waals surface area contributed by atoms with E-state index in [1.807, 2.05) is 12.1 Å². The van der Waals surface area contributed by atoms with Gasteiger partial charge in [0.25, 0.3) is 5.91 Å². The fourth-order valence-corrected chi connectivity index (χ4v) is 3.35. The van der Waals surface area contributed by atoms with Crippen LogP contribution in [0, 0.1) is 0 Å². The Morgan fingerprint density at radius 1 is 1.10 bits per heavy atom. The number of carbonyl (C=O) groups excluding carboxylic acids is 1. The Hall–Kier alpha value is -2.46. The molecule has 1 heterocycles. The Balaban J connectivity index is 1.71. The zero-order chi connectivity index (χ0) is 21.0. The Bertz CT molecular complexity index is 1150. The number of sulfonamides is 1. The maximum absolute atomic E-state index is 12.6. The summed E-state index contributed by atoms with van der Waals surface area (Å²) in [4.78, 5) is 12.6. The van der Waals surface area contributed by atoms with Gasteiger partial charge in [-0.3, -0.25) is 4.79 Å². The average Bonchev–Trinajstić information content (AvgIpc) is 3.16. The van der Waals surface area contributed by atoms with Gasteiger partial charge in [0.15, 0.2) is 5.69 Å².